The number of hydrogen-bond acceptors (Lipinski definition) is 3. The molecule has 0 radical (unpaired) electrons. The lowest BCUT2D eigenvalue weighted by Gasteiger charge is -2.21. The SMILES string of the molecule is N#CC[C@@H]1[C@H](C(=O)O)[C@H]2CC[C@@H]1O2. The number of aliphatic carboxylic acids is 1. The molecule has 0 amide bonds. The highest BCUT2D eigenvalue weighted by atomic mass is 16.5. The molecule has 2 rings (SSSR count). The van der Waals surface area contributed by atoms with Crippen LogP contribution < -0.4 is 0 Å². The first kappa shape index (κ1) is 8.52. The molecule has 4 nitrogen and oxygen atoms in total. The van der Waals surface area contributed by atoms with Gasteiger partial charge in [-0.1, -0.05) is 0 Å². The van der Waals surface area contributed by atoms with Gasteiger partial charge in [0.15, 0.2) is 0 Å². The summed E-state index contributed by atoms with van der Waals surface area (Å²) in [5.41, 5.74) is 0. The summed E-state index contributed by atoms with van der Waals surface area (Å²) < 4.78 is 5.48. The van der Waals surface area contributed by atoms with Gasteiger partial charge in [0.05, 0.1) is 24.2 Å². The first-order chi connectivity index (χ1) is 6.24. The van der Waals surface area contributed by atoms with Crippen LogP contribution in [0.5, 0.6) is 0 Å². The predicted octanol–water partition coefficient (Wildman–Crippen LogP) is 0.778. The molecule has 0 saturated carbocycles. The van der Waals surface area contributed by atoms with E-state index in [9.17, 15) is 4.79 Å². The van der Waals surface area contributed by atoms with E-state index in [1.807, 2.05) is 6.07 Å². The van der Waals surface area contributed by atoms with E-state index in [-0.39, 0.29) is 18.1 Å². The Morgan fingerprint density at radius 2 is 2.23 bits per heavy atom. The minimum atomic E-state index is -0.813. The zero-order valence-corrected chi connectivity index (χ0v) is 7.14. The second-order valence-corrected chi connectivity index (χ2v) is 3.68. The summed E-state index contributed by atoms with van der Waals surface area (Å²) in [4.78, 5) is 10.9. The second-order valence-electron chi connectivity index (χ2n) is 3.68. The van der Waals surface area contributed by atoms with Crippen LogP contribution in [0.25, 0.3) is 0 Å². The van der Waals surface area contributed by atoms with Gasteiger partial charge in [-0.05, 0) is 12.8 Å². The number of carboxylic acid groups (broad SMARTS) is 1. The Labute approximate surface area is 76.1 Å². The van der Waals surface area contributed by atoms with Crippen LogP contribution in [0, 0.1) is 23.2 Å². The van der Waals surface area contributed by atoms with Gasteiger partial charge < -0.3 is 9.84 Å². The number of nitrogens with zero attached hydrogens (tertiary/aromatic N) is 1. The number of ether oxygens (including phenoxy) is 1. The molecule has 4 atom stereocenters. The molecule has 2 aliphatic rings. The van der Waals surface area contributed by atoms with Crippen molar-refractivity contribution in [1.82, 2.24) is 0 Å². The van der Waals surface area contributed by atoms with Crippen molar-refractivity contribution < 1.29 is 14.6 Å². The highest BCUT2D eigenvalue weighted by Crippen LogP contribution is 2.44. The quantitative estimate of drug-likeness (QED) is 0.683. The van der Waals surface area contributed by atoms with Gasteiger partial charge in [0.25, 0.3) is 0 Å². The van der Waals surface area contributed by atoms with E-state index in [4.69, 9.17) is 15.1 Å². The van der Waals surface area contributed by atoms with Gasteiger partial charge in [-0.15, -0.1) is 0 Å². The number of rotatable bonds is 2. The third-order valence-electron chi connectivity index (χ3n) is 3.04. The number of carboxylic acids is 1. The zero-order valence-electron chi connectivity index (χ0n) is 7.14. The maximum atomic E-state index is 10.9. The van der Waals surface area contributed by atoms with Gasteiger partial charge in [0.1, 0.15) is 0 Å². The van der Waals surface area contributed by atoms with Gasteiger partial charge in [0, 0.05) is 12.3 Å². The average Bonchev–Trinajstić information content (AvgIpc) is 2.63. The Balaban J connectivity index is 2.16. The minimum absolute atomic E-state index is 0.0192. The lowest BCUT2D eigenvalue weighted by molar-refractivity contribution is -0.144. The van der Waals surface area contributed by atoms with E-state index in [1.54, 1.807) is 0 Å². The van der Waals surface area contributed by atoms with Crippen molar-refractivity contribution in [2.24, 2.45) is 11.8 Å². The summed E-state index contributed by atoms with van der Waals surface area (Å²) in [7, 11) is 0. The van der Waals surface area contributed by atoms with Crippen LogP contribution in [0.3, 0.4) is 0 Å². The van der Waals surface area contributed by atoms with E-state index < -0.39 is 11.9 Å². The molecule has 2 bridgehead atoms. The van der Waals surface area contributed by atoms with E-state index >= 15 is 0 Å². The lowest BCUT2D eigenvalue weighted by Crippen LogP contribution is -2.33. The molecule has 0 aromatic heterocycles. The number of fused-ring (bicyclic) bond motifs is 2. The van der Waals surface area contributed by atoms with Crippen LogP contribution in [0.15, 0.2) is 0 Å². The molecule has 1 N–H and O–H groups in total. The van der Waals surface area contributed by atoms with Crippen molar-refractivity contribution in [3.05, 3.63) is 0 Å². The summed E-state index contributed by atoms with van der Waals surface area (Å²) in [6.07, 6.45) is 1.94. The zero-order chi connectivity index (χ0) is 9.42. The summed E-state index contributed by atoms with van der Waals surface area (Å²) in [5.74, 6) is -1.34. The Hall–Kier alpha value is -1.08. The smallest absolute Gasteiger partial charge is 0.309 e. The molecule has 2 aliphatic heterocycles. The summed E-state index contributed by atoms with van der Waals surface area (Å²) in [6.45, 7) is 0. The van der Waals surface area contributed by atoms with Crippen LogP contribution in [0.1, 0.15) is 19.3 Å². The van der Waals surface area contributed by atoms with Gasteiger partial charge in [0.2, 0.25) is 0 Å². The standard InChI is InChI=1S/C9H11NO3/c10-4-3-5-6-1-2-7(13-6)8(5)9(11)12/h5-8H,1-3H2,(H,11,12)/t5-,6-,7+,8-/m0/s1. The maximum Gasteiger partial charge on any atom is 0.309 e. The molecule has 2 fully saturated rings. The molecule has 2 saturated heterocycles. The number of hydrogen-bond donors (Lipinski definition) is 1. The second kappa shape index (κ2) is 3.00. The van der Waals surface area contributed by atoms with Gasteiger partial charge in [-0.2, -0.15) is 5.26 Å². The van der Waals surface area contributed by atoms with E-state index in [0.29, 0.717) is 6.42 Å². The molecule has 0 spiro atoms. The van der Waals surface area contributed by atoms with Crippen molar-refractivity contribution in [2.75, 3.05) is 0 Å². The topological polar surface area (TPSA) is 70.3 Å². The van der Waals surface area contributed by atoms with E-state index in [2.05, 4.69) is 0 Å². The van der Waals surface area contributed by atoms with E-state index in [1.165, 1.54) is 0 Å². The van der Waals surface area contributed by atoms with Gasteiger partial charge >= 0.3 is 5.97 Å². The van der Waals surface area contributed by atoms with Crippen molar-refractivity contribution in [3.63, 3.8) is 0 Å². The Bertz CT molecular complexity index is 271. The fourth-order valence-corrected chi connectivity index (χ4v) is 2.48. The fourth-order valence-electron chi connectivity index (χ4n) is 2.48. The molecular formula is C9H11NO3. The van der Waals surface area contributed by atoms with Gasteiger partial charge in [-0.3, -0.25) is 4.79 Å². The van der Waals surface area contributed by atoms with Gasteiger partial charge in [-0.25, -0.2) is 0 Å². The average molecular weight is 181 g/mol. The van der Waals surface area contributed by atoms with Crippen molar-refractivity contribution in [2.45, 2.75) is 31.5 Å². The number of carbonyl (C=O) groups is 1. The Morgan fingerprint density at radius 1 is 1.54 bits per heavy atom. The van der Waals surface area contributed by atoms with Crippen LogP contribution in [0.2, 0.25) is 0 Å². The van der Waals surface area contributed by atoms with Crippen LogP contribution in [-0.2, 0) is 9.53 Å². The lowest BCUT2D eigenvalue weighted by atomic mass is 9.78. The Kier molecular flexibility index (Phi) is 1.97. The number of nitriles is 1. The maximum absolute atomic E-state index is 10.9. The fraction of sp³-hybridized carbons (Fsp3) is 0.778. The third-order valence-corrected chi connectivity index (χ3v) is 3.04. The summed E-state index contributed by atoms with van der Waals surface area (Å²) >= 11 is 0. The molecule has 0 aromatic rings. The minimum Gasteiger partial charge on any atom is -0.481 e. The van der Waals surface area contributed by atoms with Crippen LogP contribution >= 0.6 is 0 Å². The largest absolute Gasteiger partial charge is 0.481 e. The predicted molar refractivity (Wildman–Crippen MR) is 42.7 cm³/mol. The molecule has 70 valence electrons. The first-order valence-corrected chi connectivity index (χ1v) is 4.49. The van der Waals surface area contributed by atoms with Crippen molar-refractivity contribution in [1.29, 1.82) is 5.26 Å². The first-order valence-electron chi connectivity index (χ1n) is 4.49. The van der Waals surface area contributed by atoms with Crippen molar-refractivity contribution in [3.8, 4) is 6.07 Å². The molecule has 13 heavy (non-hydrogen) atoms. The highest BCUT2D eigenvalue weighted by molar-refractivity contribution is 5.72. The van der Waals surface area contributed by atoms with E-state index in [0.717, 1.165) is 12.8 Å². The van der Waals surface area contributed by atoms with Crippen molar-refractivity contribution >= 4 is 5.97 Å². The highest BCUT2D eigenvalue weighted by Gasteiger charge is 2.52. The van der Waals surface area contributed by atoms with Crippen LogP contribution in [-0.4, -0.2) is 23.3 Å². The molecular weight excluding hydrogens is 170 g/mol. The molecule has 4 heteroatoms. The monoisotopic (exact) mass is 181 g/mol. The summed E-state index contributed by atoms with van der Waals surface area (Å²) in [5, 5.41) is 17.5. The molecule has 0 aromatic carbocycles. The summed E-state index contributed by atoms with van der Waals surface area (Å²) in [6, 6.07) is 2.04. The third kappa shape index (κ3) is 1.20. The molecule has 0 aliphatic carbocycles. The molecule has 0 unspecified atom stereocenters. The molecule has 2 heterocycles. The van der Waals surface area contributed by atoms with Crippen LogP contribution in [0.4, 0.5) is 0 Å². The normalized spacial score (nSPS) is 41.8. The Morgan fingerprint density at radius 3 is 2.85 bits per heavy atom.